The third-order valence-electron chi connectivity index (χ3n) is 2.56. The standard InChI is InChI=1S/C12H17N3O3/c1-6(2)10(11(13)16)15-9-4-7(3)14-5-8(9)12(17)18/h4-6,10H,1-3H3,(H2,13,16)(H,14,15)(H,17,18). The molecule has 0 spiro atoms. The summed E-state index contributed by atoms with van der Waals surface area (Å²) in [5, 5.41) is 11.9. The van der Waals surface area contributed by atoms with E-state index in [0.29, 0.717) is 11.4 Å². The maximum absolute atomic E-state index is 11.3. The molecule has 98 valence electrons. The monoisotopic (exact) mass is 251 g/mol. The number of carbonyl (C=O) groups is 2. The van der Waals surface area contributed by atoms with Gasteiger partial charge in [-0.15, -0.1) is 0 Å². The second-order valence-corrected chi connectivity index (χ2v) is 4.44. The lowest BCUT2D eigenvalue weighted by molar-refractivity contribution is -0.119. The van der Waals surface area contributed by atoms with Crippen LogP contribution in [0.5, 0.6) is 0 Å². The molecule has 0 fully saturated rings. The minimum absolute atomic E-state index is 0.0208. The molecule has 1 aromatic rings. The number of nitrogens with two attached hydrogens (primary N) is 1. The number of primary amides is 1. The molecule has 0 aliphatic carbocycles. The molecular weight excluding hydrogens is 234 g/mol. The zero-order chi connectivity index (χ0) is 13.9. The molecule has 1 rings (SSSR count). The van der Waals surface area contributed by atoms with Gasteiger partial charge in [-0.05, 0) is 18.9 Å². The van der Waals surface area contributed by atoms with Crippen LogP contribution in [-0.4, -0.2) is 28.0 Å². The molecule has 0 aliphatic heterocycles. The maximum Gasteiger partial charge on any atom is 0.339 e. The van der Waals surface area contributed by atoms with Gasteiger partial charge in [-0.2, -0.15) is 0 Å². The van der Waals surface area contributed by atoms with Crippen molar-refractivity contribution in [1.29, 1.82) is 0 Å². The number of carboxylic acid groups (broad SMARTS) is 1. The van der Waals surface area contributed by atoms with Crippen LogP contribution in [0, 0.1) is 12.8 Å². The molecule has 0 radical (unpaired) electrons. The third kappa shape index (κ3) is 3.19. The largest absolute Gasteiger partial charge is 0.478 e. The number of hydrogen-bond acceptors (Lipinski definition) is 4. The number of hydrogen-bond donors (Lipinski definition) is 3. The van der Waals surface area contributed by atoms with E-state index in [1.54, 1.807) is 13.0 Å². The van der Waals surface area contributed by atoms with Gasteiger partial charge in [0.1, 0.15) is 11.6 Å². The molecule has 4 N–H and O–H groups in total. The number of nitrogens with one attached hydrogen (secondary N) is 1. The SMILES string of the molecule is Cc1cc(NC(C(N)=O)C(C)C)c(C(=O)O)cn1. The van der Waals surface area contributed by atoms with Gasteiger partial charge in [0.05, 0.1) is 5.69 Å². The van der Waals surface area contributed by atoms with E-state index in [-0.39, 0.29) is 11.5 Å². The first-order valence-electron chi connectivity index (χ1n) is 5.58. The minimum atomic E-state index is -1.10. The molecule has 6 heteroatoms. The van der Waals surface area contributed by atoms with E-state index in [1.807, 2.05) is 13.8 Å². The summed E-state index contributed by atoms with van der Waals surface area (Å²) in [7, 11) is 0. The van der Waals surface area contributed by atoms with E-state index in [2.05, 4.69) is 10.3 Å². The van der Waals surface area contributed by atoms with Gasteiger partial charge in [0, 0.05) is 11.9 Å². The third-order valence-corrected chi connectivity index (χ3v) is 2.56. The van der Waals surface area contributed by atoms with E-state index < -0.39 is 17.9 Å². The van der Waals surface area contributed by atoms with E-state index in [0.717, 1.165) is 0 Å². The molecule has 0 bridgehead atoms. The van der Waals surface area contributed by atoms with Gasteiger partial charge in [0.15, 0.2) is 0 Å². The van der Waals surface area contributed by atoms with Crippen molar-refractivity contribution in [3.05, 3.63) is 23.5 Å². The number of nitrogens with zero attached hydrogens (tertiary/aromatic N) is 1. The van der Waals surface area contributed by atoms with Crippen LogP contribution in [0.15, 0.2) is 12.3 Å². The summed E-state index contributed by atoms with van der Waals surface area (Å²) >= 11 is 0. The van der Waals surface area contributed by atoms with Crippen LogP contribution in [0.2, 0.25) is 0 Å². The Bertz CT molecular complexity index is 472. The highest BCUT2D eigenvalue weighted by Gasteiger charge is 2.21. The number of rotatable bonds is 5. The molecular formula is C12H17N3O3. The molecule has 6 nitrogen and oxygen atoms in total. The number of anilines is 1. The van der Waals surface area contributed by atoms with E-state index in [1.165, 1.54) is 6.20 Å². The number of amides is 1. The van der Waals surface area contributed by atoms with Gasteiger partial charge in [-0.25, -0.2) is 4.79 Å². The maximum atomic E-state index is 11.3. The van der Waals surface area contributed by atoms with Crippen molar-refractivity contribution in [1.82, 2.24) is 4.98 Å². The minimum Gasteiger partial charge on any atom is -0.478 e. The van der Waals surface area contributed by atoms with Crippen molar-refractivity contribution in [2.75, 3.05) is 5.32 Å². The van der Waals surface area contributed by atoms with Crippen molar-refractivity contribution in [2.24, 2.45) is 11.7 Å². The normalized spacial score (nSPS) is 12.2. The summed E-state index contributed by atoms with van der Waals surface area (Å²) in [6.45, 7) is 5.40. The summed E-state index contributed by atoms with van der Waals surface area (Å²) in [5.41, 5.74) is 6.32. The molecule has 1 heterocycles. The molecule has 1 atom stereocenters. The summed E-state index contributed by atoms with van der Waals surface area (Å²) in [6, 6.07) is 0.965. The highest BCUT2D eigenvalue weighted by atomic mass is 16.4. The molecule has 0 aliphatic rings. The topological polar surface area (TPSA) is 105 Å². The number of pyridine rings is 1. The Morgan fingerprint density at radius 1 is 1.44 bits per heavy atom. The summed E-state index contributed by atoms with van der Waals surface area (Å²) in [4.78, 5) is 26.3. The molecule has 1 unspecified atom stereocenters. The molecule has 0 saturated carbocycles. The van der Waals surface area contributed by atoms with Gasteiger partial charge in [-0.1, -0.05) is 13.8 Å². The fourth-order valence-electron chi connectivity index (χ4n) is 1.58. The van der Waals surface area contributed by atoms with Crippen LogP contribution in [0.3, 0.4) is 0 Å². The second kappa shape index (κ2) is 5.48. The van der Waals surface area contributed by atoms with Gasteiger partial charge >= 0.3 is 5.97 Å². The Morgan fingerprint density at radius 2 is 2.06 bits per heavy atom. The summed E-state index contributed by atoms with van der Waals surface area (Å²) in [6.07, 6.45) is 1.26. The van der Waals surface area contributed by atoms with Crippen LogP contribution in [0.1, 0.15) is 29.9 Å². The second-order valence-electron chi connectivity index (χ2n) is 4.44. The predicted octanol–water partition coefficient (Wildman–Crippen LogP) is 1.01. The number of carbonyl (C=O) groups excluding carboxylic acids is 1. The van der Waals surface area contributed by atoms with E-state index in [4.69, 9.17) is 10.8 Å². The highest BCUT2D eigenvalue weighted by Crippen LogP contribution is 2.19. The average molecular weight is 251 g/mol. The molecule has 0 saturated heterocycles. The van der Waals surface area contributed by atoms with Crippen LogP contribution < -0.4 is 11.1 Å². The smallest absolute Gasteiger partial charge is 0.339 e. The summed E-state index contributed by atoms with van der Waals surface area (Å²) in [5.74, 6) is -1.66. The zero-order valence-electron chi connectivity index (χ0n) is 10.6. The van der Waals surface area contributed by atoms with Crippen molar-refractivity contribution in [3.8, 4) is 0 Å². The lowest BCUT2D eigenvalue weighted by Crippen LogP contribution is -2.40. The van der Waals surface area contributed by atoms with Crippen molar-refractivity contribution in [3.63, 3.8) is 0 Å². The van der Waals surface area contributed by atoms with Gasteiger partial charge in [0.25, 0.3) is 0 Å². The fourth-order valence-corrected chi connectivity index (χ4v) is 1.58. The number of aromatic carboxylic acids is 1. The average Bonchev–Trinajstić information content (AvgIpc) is 2.24. The van der Waals surface area contributed by atoms with Crippen molar-refractivity contribution < 1.29 is 14.7 Å². The van der Waals surface area contributed by atoms with Crippen LogP contribution in [-0.2, 0) is 4.79 Å². The number of aryl methyl sites for hydroxylation is 1. The molecule has 1 aromatic heterocycles. The first-order chi connectivity index (χ1) is 8.32. The lowest BCUT2D eigenvalue weighted by atomic mass is 10.0. The zero-order valence-corrected chi connectivity index (χ0v) is 10.6. The Labute approximate surface area is 105 Å². The van der Waals surface area contributed by atoms with Gasteiger partial charge < -0.3 is 16.2 Å². The van der Waals surface area contributed by atoms with Crippen molar-refractivity contribution >= 4 is 17.6 Å². The van der Waals surface area contributed by atoms with E-state index >= 15 is 0 Å². The first kappa shape index (κ1) is 14.0. The predicted molar refractivity (Wildman–Crippen MR) is 67.4 cm³/mol. The van der Waals surface area contributed by atoms with Gasteiger partial charge in [0.2, 0.25) is 5.91 Å². The molecule has 0 aromatic carbocycles. The highest BCUT2D eigenvalue weighted by molar-refractivity contribution is 5.95. The Balaban J connectivity index is 3.12. The fraction of sp³-hybridized carbons (Fsp3) is 0.417. The van der Waals surface area contributed by atoms with E-state index in [9.17, 15) is 9.59 Å². The quantitative estimate of drug-likeness (QED) is 0.724. The number of aromatic nitrogens is 1. The van der Waals surface area contributed by atoms with Crippen LogP contribution >= 0.6 is 0 Å². The Hall–Kier alpha value is -2.11. The lowest BCUT2D eigenvalue weighted by Gasteiger charge is -2.21. The Kier molecular flexibility index (Phi) is 4.25. The van der Waals surface area contributed by atoms with Crippen molar-refractivity contribution in [2.45, 2.75) is 26.8 Å². The molecule has 1 amide bonds. The molecule has 18 heavy (non-hydrogen) atoms. The van der Waals surface area contributed by atoms with Crippen LogP contribution in [0.4, 0.5) is 5.69 Å². The van der Waals surface area contributed by atoms with Gasteiger partial charge in [-0.3, -0.25) is 9.78 Å². The Morgan fingerprint density at radius 3 is 2.50 bits per heavy atom. The summed E-state index contributed by atoms with van der Waals surface area (Å²) < 4.78 is 0. The van der Waals surface area contributed by atoms with Crippen LogP contribution in [0.25, 0.3) is 0 Å². The number of carboxylic acids is 1. The first-order valence-corrected chi connectivity index (χ1v) is 5.58.